The van der Waals surface area contributed by atoms with Gasteiger partial charge in [0.1, 0.15) is 17.6 Å². The van der Waals surface area contributed by atoms with Gasteiger partial charge in [-0.15, -0.1) is 0 Å². The number of benzene rings is 4. The van der Waals surface area contributed by atoms with E-state index in [9.17, 15) is 10.2 Å². The Labute approximate surface area is 193 Å². The molecule has 1 aliphatic heterocycles. The predicted octanol–water partition coefficient (Wildman–Crippen LogP) is 4.36. The molecule has 0 aliphatic carbocycles. The largest absolute Gasteiger partial charge is 0.507 e. The molecule has 0 radical (unpaired) electrons. The normalized spacial score (nSPS) is 15.9. The van der Waals surface area contributed by atoms with Gasteiger partial charge in [-0.1, -0.05) is 72.8 Å². The van der Waals surface area contributed by atoms with Crippen molar-refractivity contribution >= 4 is 21.5 Å². The summed E-state index contributed by atoms with van der Waals surface area (Å²) in [6.45, 7) is -0.142. The van der Waals surface area contributed by atoms with Crippen LogP contribution < -0.4 is 4.74 Å². The molecule has 4 aromatic rings. The molecule has 5 nitrogen and oxygen atoms in total. The van der Waals surface area contributed by atoms with E-state index in [1.807, 2.05) is 48.5 Å². The fourth-order valence-corrected chi connectivity index (χ4v) is 4.21. The fraction of sp³-hybridized carbons (Fsp3) is 0.286. The van der Waals surface area contributed by atoms with E-state index in [1.54, 1.807) is 0 Å². The van der Waals surface area contributed by atoms with Crippen LogP contribution in [0.5, 0.6) is 11.5 Å². The molecule has 33 heavy (non-hydrogen) atoms. The maximum absolute atomic E-state index is 10.1. The molecule has 1 aliphatic rings. The molecule has 0 aromatic heterocycles. The van der Waals surface area contributed by atoms with Gasteiger partial charge in [0.05, 0.1) is 19.3 Å². The van der Waals surface area contributed by atoms with E-state index in [0.717, 1.165) is 40.3 Å². The molecule has 0 bridgehead atoms. The zero-order valence-corrected chi connectivity index (χ0v) is 18.5. The number of aliphatic hydroxyl groups excluding tert-OH is 3. The molecule has 0 spiro atoms. The summed E-state index contributed by atoms with van der Waals surface area (Å²) in [5, 5.41) is 41.5. The summed E-state index contributed by atoms with van der Waals surface area (Å²) < 4.78 is 5.84. The number of aromatic hydroxyl groups is 1. The average molecular weight is 447 g/mol. The number of aryl methyl sites for hydroxylation is 2. The second-order valence-electron chi connectivity index (χ2n) is 8.41. The molecule has 5 rings (SSSR count). The second kappa shape index (κ2) is 10.7. The number of aliphatic hydroxyl groups is 3. The van der Waals surface area contributed by atoms with Gasteiger partial charge in [0.2, 0.25) is 0 Å². The Balaban J connectivity index is 0.000000157. The lowest BCUT2D eigenvalue weighted by atomic mass is 9.98. The van der Waals surface area contributed by atoms with Crippen LogP contribution in [0.1, 0.15) is 24.0 Å². The standard InChI is InChI=1S/C14H16O3.C14H14O2/c15-9-12(16)8-7-11-6-5-10-3-1-2-4-13(10)14(11)17;15-9-12-8-7-11-6-5-10-3-1-2-4-13(10)14(11)16-12/h1-6,12,15-17H,7-9H2;1-6,12,15H,7-9H2/t2*12-/m01/s1. The highest BCUT2D eigenvalue weighted by molar-refractivity contribution is 5.90. The van der Waals surface area contributed by atoms with Gasteiger partial charge in [-0.25, -0.2) is 0 Å². The minimum absolute atomic E-state index is 0.0432. The van der Waals surface area contributed by atoms with Crippen molar-refractivity contribution in [3.63, 3.8) is 0 Å². The summed E-state index contributed by atoms with van der Waals surface area (Å²) in [6, 6.07) is 23.9. The van der Waals surface area contributed by atoms with Crippen LogP contribution in [-0.4, -0.2) is 45.8 Å². The van der Waals surface area contributed by atoms with E-state index in [4.69, 9.17) is 14.9 Å². The van der Waals surface area contributed by atoms with Gasteiger partial charge in [0.15, 0.2) is 0 Å². The summed E-state index contributed by atoms with van der Waals surface area (Å²) in [5.74, 6) is 1.23. The Bertz CT molecular complexity index is 1220. The summed E-state index contributed by atoms with van der Waals surface area (Å²) in [4.78, 5) is 0. The van der Waals surface area contributed by atoms with E-state index in [-0.39, 0.29) is 25.1 Å². The lowest BCUT2D eigenvalue weighted by molar-refractivity contribution is 0.0884. The Morgan fingerprint density at radius 3 is 2.24 bits per heavy atom. The van der Waals surface area contributed by atoms with Crippen LogP contribution in [0.3, 0.4) is 0 Å². The van der Waals surface area contributed by atoms with Crippen molar-refractivity contribution in [2.24, 2.45) is 0 Å². The maximum atomic E-state index is 10.1. The van der Waals surface area contributed by atoms with Gasteiger partial charge in [-0.2, -0.15) is 0 Å². The monoisotopic (exact) mass is 446 g/mol. The average Bonchev–Trinajstić information content (AvgIpc) is 2.88. The highest BCUT2D eigenvalue weighted by Crippen LogP contribution is 2.35. The Morgan fingerprint density at radius 2 is 1.52 bits per heavy atom. The summed E-state index contributed by atoms with van der Waals surface area (Å²) >= 11 is 0. The molecule has 172 valence electrons. The van der Waals surface area contributed by atoms with Crippen molar-refractivity contribution in [1.29, 1.82) is 0 Å². The van der Waals surface area contributed by atoms with Gasteiger partial charge in [0, 0.05) is 10.8 Å². The minimum Gasteiger partial charge on any atom is -0.507 e. The zero-order valence-electron chi connectivity index (χ0n) is 18.5. The number of fused-ring (bicyclic) bond motifs is 4. The van der Waals surface area contributed by atoms with Crippen molar-refractivity contribution in [2.45, 2.75) is 37.9 Å². The molecule has 0 unspecified atom stereocenters. The summed E-state index contributed by atoms with van der Waals surface area (Å²) in [5.41, 5.74) is 2.06. The Hall–Kier alpha value is -3.12. The van der Waals surface area contributed by atoms with Crippen molar-refractivity contribution in [2.75, 3.05) is 13.2 Å². The van der Waals surface area contributed by atoms with Crippen LogP contribution in [0.2, 0.25) is 0 Å². The first-order valence-electron chi connectivity index (χ1n) is 11.4. The molecule has 0 saturated carbocycles. The van der Waals surface area contributed by atoms with Crippen LogP contribution in [0, 0.1) is 0 Å². The van der Waals surface area contributed by atoms with E-state index in [2.05, 4.69) is 24.3 Å². The molecule has 4 N–H and O–H groups in total. The van der Waals surface area contributed by atoms with Crippen LogP contribution >= 0.6 is 0 Å². The van der Waals surface area contributed by atoms with Crippen LogP contribution in [-0.2, 0) is 12.8 Å². The molecular formula is C28H30O5. The highest BCUT2D eigenvalue weighted by Gasteiger charge is 2.20. The van der Waals surface area contributed by atoms with E-state index in [0.29, 0.717) is 12.8 Å². The number of hydrogen-bond donors (Lipinski definition) is 4. The topological polar surface area (TPSA) is 90.2 Å². The van der Waals surface area contributed by atoms with Crippen molar-refractivity contribution in [3.8, 4) is 11.5 Å². The molecule has 0 amide bonds. The van der Waals surface area contributed by atoms with Gasteiger partial charge in [-0.3, -0.25) is 0 Å². The first kappa shape index (κ1) is 23.1. The number of ether oxygens (including phenoxy) is 1. The predicted molar refractivity (Wildman–Crippen MR) is 131 cm³/mol. The van der Waals surface area contributed by atoms with E-state index in [1.165, 1.54) is 10.9 Å². The number of phenols is 1. The smallest absolute Gasteiger partial charge is 0.130 e. The van der Waals surface area contributed by atoms with Crippen LogP contribution in [0.15, 0.2) is 72.8 Å². The Kier molecular flexibility index (Phi) is 7.45. The second-order valence-corrected chi connectivity index (χ2v) is 8.41. The van der Waals surface area contributed by atoms with Crippen LogP contribution in [0.4, 0.5) is 0 Å². The van der Waals surface area contributed by atoms with Crippen molar-refractivity contribution in [1.82, 2.24) is 0 Å². The first-order chi connectivity index (χ1) is 16.1. The lowest BCUT2D eigenvalue weighted by Crippen LogP contribution is -2.26. The van der Waals surface area contributed by atoms with Gasteiger partial charge >= 0.3 is 0 Å². The molecule has 2 atom stereocenters. The third-order valence-electron chi connectivity index (χ3n) is 6.13. The number of hydrogen-bond acceptors (Lipinski definition) is 5. The molecule has 5 heteroatoms. The summed E-state index contributed by atoms with van der Waals surface area (Å²) in [7, 11) is 0. The SMILES string of the molecule is OC[C@@H](O)CCc1ccc2ccccc2c1O.OC[C@H]1CCc2ccc3ccccc3c2O1. The quantitative estimate of drug-likeness (QED) is 0.366. The molecular weight excluding hydrogens is 416 g/mol. The lowest BCUT2D eigenvalue weighted by Gasteiger charge is -2.25. The molecule has 4 aromatic carbocycles. The third-order valence-corrected chi connectivity index (χ3v) is 6.13. The third kappa shape index (κ3) is 5.28. The fourth-order valence-electron chi connectivity index (χ4n) is 4.21. The van der Waals surface area contributed by atoms with E-state index >= 15 is 0 Å². The highest BCUT2D eigenvalue weighted by atomic mass is 16.5. The molecule has 1 heterocycles. The molecule has 0 saturated heterocycles. The summed E-state index contributed by atoms with van der Waals surface area (Å²) in [6.07, 6.45) is 2.13. The first-order valence-corrected chi connectivity index (χ1v) is 11.4. The number of phenolic OH excluding ortho intramolecular Hbond substituents is 1. The minimum atomic E-state index is -0.721. The van der Waals surface area contributed by atoms with Gasteiger partial charge < -0.3 is 25.2 Å². The van der Waals surface area contributed by atoms with Gasteiger partial charge in [0.25, 0.3) is 0 Å². The Morgan fingerprint density at radius 1 is 0.848 bits per heavy atom. The molecule has 0 fully saturated rings. The number of rotatable bonds is 5. The zero-order chi connectivity index (χ0) is 23.2. The van der Waals surface area contributed by atoms with Crippen LogP contribution in [0.25, 0.3) is 21.5 Å². The van der Waals surface area contributed by atoms with E-state index < -0.39 is 6.10 Å². The maximum Gasteiger partial charge on any atom is 0.130 e. The van der Waals surface area contributed by atoms with Gasteiger partial charge in [-0.05, 0) is 47.6 Å². The van der Waals surface area contributed by atoms with Crippen molar-refractivity contribution in [3.05, 3.63) is 83.9 Å². The van der Waals surface area contributed by atoms with Crippen molar-refractivity contribution < 1.29 is 25.2 Å².